The van der Waals surface area contributed by atoms with E-state index < -0.39 is 0 Å². The molecule has 0 bridgehead atoms. The van der Waals surface area contributed by atoms with Crippen LogP contribution in [-0.2, 0) is 0 Å². The number of nitrogens with two attached hydrogens (primary N) is 1. The van der Waals surface area contributed by atoms with E-state index in [1.807, 2.05) is 6.07 Å². The average Bonchev–Trinajstić information content (AvgIpc) is 2.15. The summed E-state index contributed by atoms with van der Waals surface area (Å²) in [7, 11) is 2.05. The molecule has 0 fully saturated rings. The van der Waals surface area contributed by atoms with Crippen molar-refractivity contribution in [3.05, 3.63) is 22.9 Å². The molecule has 0 aliphatic carbocycles. The SMILES string of the molecule is CN(CCCN)c1ccncc1Br. The molecule has 4 heteroatoms. The lowest BCUT2D eigenvalue weighted by molar-refractivity contribution is 0.794. The molecule has 2 N–H and O–H groups in total. The Hall–Kier alpha value is -0.610. The predicted molar refractivity (Wildman–Crippen MR) is 58.9 cm³/mol. The minimum Gasteiger partial charge on any atom is -0.374 e. The van der Waals surface area contributed by atoms with E-state index in [0.29, 0.717) is 0 Å². The van der Waals surface area contributed by atoms with Crippen molar-refractivity contribution in [1.29, 1.82) is 0 Å². The van der Waals surface area contributed by atoms with Crippen LogP contribution in [0.4, 0.5) is 5.69 Å². The van der Waals surface area contributed by atoms with Gasteiger partial charge in [0.15, 0.2) is 0 Å². The maximum Gasteiger partial charge on any atom is 0.0592 e. The van der Waals surface area contributed by atoms with Crippen LogP contribution in [-0.4, -0.2) is 25.1 Å². The molecule has 0 atom stereocenters. The zero-order valence-electron chi connectivity index (χ0n) is 7.70. The Kier molecular flexibility index (Phi) is 4.18. The Balaban J connectivity index is 2.65. The van der Waals surface area contributed by atoms with Crippen LogP contribution in [0.3, 0.4) is 0 Å². The van der Waals surface area contributed by atoms with Crippen LogP contribution in [0, 0.1) is 0 Å². The smallest absolute Gasteiger partial charge is 0.0592 e. The molecule has 1 aromatic heterocycles. The normalized spacial score (nSPS) is 10.1. The number of hydrogen-bond acceptors (Lipinski definition) is 3. The number of nitrogens with zero attached hydrogens (tertiary/aromatic N) is 2. The molecule has 13 heavy (non-hydrogen) atoms. The van der Waals surface area contributed by atoms with E-state index in [9.17, 15) is 0 Å². The van der Waals surface area contributed by atoms with E-state index in [1.54, 1.807) is 12.4 Å². The van der Waals surface area contributed by atoms with Gasteiger partial charge in [-0.05, 0) is 35.0 Å². The first-order chi connectivity index (χ1) is 6.25. The third-order valence-corrected chi connectivity index (χ3v) is 2.47. The van der Waals surface area contributed by atoms with Gasteiger partial charge in [0, 0.05) is 26.0 Å². The van der Waals surface area contributed by atoms with Crippen LogP contribution in [0.25, 0.3) is 0 Å². The highest BCUT2D eigenvalue weighted by Crippen LogP contribution is 2.23. The fourth-order valence-electron chi connectivity index (χ4n) is 1.13. The molecule has 0 saturated carbocycles. The lowest BCUT2D eigenvalue weighted by Gasteiger charge is -2.19. The van der Waals surface area contributed by atoms with Crippen molar-refractivity contribution in [3.8, 4) is 0 Å². The molecule has 0 aliphatic heterocycles. The summed E-state index contributed by atoms with van der Waals surface area (Å²) in [4.78, 5) is 6.17. The van der Waals surface area contributed by atoms with Crippen molar-refractivity contribution in [2.75, 3.05) is 25.0 Å². The Morgan fingerprint density at radius 2 is 2.38 bits per heavy atom. The van der Waals surface area contributed by atoms with E-state index in [1.165, 1.54) is 0 Å². The van der Waals surface area contributed by atoms with Crippen LogP contribution in [0.15, 0.2) is 22.9 Å². The molecular weight excluding hydrogens is 230 g/mol. The first-order valence-corrected chi connectivity index (χ1v) is 5.05. The molecule has 1 aromatic rings. The largest absolute Gasteiger partial charge is 0.374 e. The number of aromatic nitrogens is 1. The number of anilines is 1. The zero-order chi connectivity index (χ0) is 9.68. The average molecular weight is 244 g/mol. The summed E-state index contributed by atoms with van der Waals surface area (Å²) in [5.41, 5.74) is 6.60. The van der Waals surface area contributed by atoms with Crippen LogP contribution in [0.1, 0.15) is 6.42 Å². The van der Waals surface area contributed by atoms with Gasteiger partial charge in [0.25, 0.3) is 0 Å². The van der Waals surface area contributed by atoms with Crippen molar-refractivity contribution in [3.63, 3.8) is 0 Å². The van der Waals surface area contributed by atoms with E-state index in [4.69, 9.17) is 5.73 Å². The van der Waals surface area contributed by atoms with Crippen LogP contribution in [0.2, 0.25) is 0 Å². The molecule has 0 radical (unpaired) electrons. The van der Waals surface area contributed by atoms with E-state index in [2.05, 4.69) is 32.9 Å². The van der Waals surface area contributed by atoms with Crippen molar-refractivity contribution >= 4 is 21.6 Å². The van der Waals surface area contributed by atoms with Gasteiger partial charge >= 0.3 is 0 Å². The summed E-state index contributed by atoms with van der Waals surface area (Å²) in [5, 5.41) is 0. The second-order valence-electron chi connectivity index (χ2n) is 2.89. The van der Waals surface area contributed by atoms with Crippen molar-refractivity contribution < 1.29 is 0 Å². The van der Waals surface area contributed by atoms with Crippen molar-refractivity contribution in [2.45, 2.75) is 6.42 Å². The van der Waals surface area contributed by atoms with Gasteiger partial charge in [-0.3, -0.25) is 4.98 Å². The van der Waals surface area contributed by atoms with Crippen LogP contribution >= 0.6 is 15.9 Å². The van der Waals surface area contributed by atoms with Gasteiger partial charge in [-0.1, -0.05) is 0 Å². The van der Waals surface area contributed by atoms with Gasteiger partial charge < -0.3 is 10.6 Å². The van der Waals surface area contributed by atoms with Crippen LogP contribution < -0.4 is 10.6 Å². The molecule has 0 aromatic carbocycles. The quantitative estimate of drug-likeness (QED) is 0.875. The van der Waals surface area contributed by atoms with Gasteiger partial charge in [0.05, 0.1) is 10.2 Å². The topological polar surface area (TPSA) is 42.1 Å². The summed E-state index contributed by atoms with van der Waals surface area (Å²) in [6.45, 7) is 1.70. The first-order valence-electron chi connectivity index (χ1n) is 4.26. The summed E-state index contributed by atoms with van der Waals surface area (Å²) < 4.78 is 1.02. The van der Waals surface area contributed by atoms with Gasteiger partial charge in [-0.15, -0.1) is 0 Å². The number of pyridine rings is 1. The monoisotopic (exact) mass is 243 g/mol. The van der Waals surface area contributed by atoms with Crippen LogP contribution in [0.5, 0.6) is 0 Å². The minimum absolute atomic E-state index is 0.729. The summed E-state index contributed by atoms with van der Waals surface area (Å²) in [6.07, 6.45) is 4.60. The summed E-state index contributed by atoms with van der Waals surface area (Å²) in [5.74, 6) is 0. The van der Waals surface area contributed by atoms with Crippen molar-refractivity contribution in [2.24, 2.45) is 5.73 Å². The maximum atomic E-state index is 5.44. The Bertz CT molecular complexity index is 265. The van der Waals surface area contributed by atoms with E-state index >= 15 is 0 Å². The number of rotatable bonds is 4. The summed E-state index contributed by atoms with van der Waals surface area (Å²) in [6, 6.07) is 1.99. The molecule has 0 amide bonds. The second-order valence-corrected chi connectivity index (χ2v) is 3.75. The highest BCUT2D eigenvalue weighted by molar-refractivity contribution is 9.10. The third kappa shape index (κ3) is 2.97. The highest BCUT2D eigenvalue weighted by atomic mass is 79.9. The molecular formula is C9H14BrN3. The van der Waals surface area contributed by atoms with Gasteiger partial charge in [-0.2, -0.15) is 0 Å². The maximum absolute atomic E-state index is 5.44. The zero-order valence-corrected chi connectivity index (χ0v) is 9.29. The number of halogens is 1. The summed E-state index contributed by atoms with van der Waals surface area (Å²) >= 11 is 3.45. The Morgan fingerprint density at radius 1 is 1.62 bits per heavy atom. The fourth-order valence-corrected chi connectivity index (χ4v) is 1.68. The van der Waals surface area contributed by atoms with E-state index in [0.717, 1.165) is 29.7 Å². The molecule has 3 nitrogen and oxygen atoms in total. The van der Waals surface area contributed by atoms with Gasteiger partial charge in [0.2, 0.25) is 0 Å². The molecule has 72 valence electrons. The fraction of sp³-hybridized carbons (Fsp3) is 0.444. The highest BCUT2D eigenvalue weighted by Gasteiger charge is 2.03. The predicted octanol–water partition coefficient (Wildman–Crippen LogP) is 1.63. The molecule has 1 rings (SSSR count). The standard InChI is InChI=1S/C9H14BrN3/c1-13(6-2-4-11)9-3-5-12-7-8(9)10/h3,5,7H,2,4,6,11H2,1H3. The van der Waals surface area contributed by atoms with Crippen molar-refractivity contribution in [1.82, 2.24) is 4.98 Å². The molecule has 0 aliphatic rings. The first kappa shape index (κ1) is 10.5. The lowest BCUT2D eigenvalue weighted by atomic mass is 10.3. The molecule has 0 unspecified atom stereocenters. The minimum atomic E-state index is 0.729. The number of hydrogen-bond donors (Lipinski definition) is 1. The molecule has 0 spiro atoms. The van der Waals surface area contributed by atoms with E-state index in [-0.39, 0.29) is 0 Å². The third-order valence-electron chi connectivity index (χ3n) is 1.86. The van der Waals surface area contributed by atoms with Gasteiger partial charge in [-0.25, -0.2) is 0 Å². The lowest BCUT2D eigenvalue weighted by Crippen LogP contribution is -2.21. The second kappa shape index (κ2) is 5.19. The molecule has 1 heterocycles. The Labute approximate surface area is 87.1 Å². The Morgan fingerprint density at radius 3 is 3.00 bits per heavy atom. The van der Waals surface area contributed by atoms with Gasteiger partial charge in [0.1, 0.15) is 0 Å². The molecule has 0 saturated heterocycles.